The first-order chi connectivity index (χ1) is 5.29. The fraction of sp³-hybridized carbons (Fsp3) is 0.875. The van der Waals surface area contributed by atoms with Crippen LogP contribution in [0.2, 0.25) is 0 Å². The zero-order valence-electron chi connectivity index (χ0n) is 7.26. The summed E-state index contributed by atoms with van der Waals surface area (Å²) < 4.78 is 0. The van der Waals surface area contributed by atoms with Crippen molar-refractivity contribution in [2.75, 3.05) is 13.1 Å². The Balaban J connectivity index is 2.49. The molecule has 0 atom stereocenters. The highest BCUT2D eigenvalue weighted by Gasteiger charge is 2.24. The summed E-state index contributed by atoms with van der Waals surface area (Å²) in [7, 11) is 0. The summed E-state index contributed by atoms with van der Waals surface area (Å²) in [6.45, 7) is 5.94. The van der Waals surface area contributed by atoms with Crippen LogP contribution >= 0.6 is 0 Å². The molecule has 1 fully saturated rings. The number of urea groups is 1. The van der Waals surface area contributed by atoms with Gasteiger partial charge in [-0.25, -0.2) is 4.79 Å². The molecule has 0 aromatic rings. The van der Waals surface area contributed by atoms with Crippen LogP contribution in [0.5, 0.6) is 0 Å². The maximum atomic E-state index is 11.1. The van der Waals surface area contributed by atoms with Crippen LogP contribution in [-0.4, -0.2) is 30.1 Å². The molecular formula is C8H16N2O. The van der Waals surface area contributed by atoms with Gasteiger partial charge in [0.05, 0.1) is 0 Å². The molecule has 1 N–H and O–H groups in total. The van der Waals surface area contributed by atoms with Gasteiger partial charge >= 0.3 is 6.03 Å². The van der Waals surface area contributed by atoms with Gasteiger partial charge in [-0.3, -0.25) is 0 Å². The molecule has 0 spiro atoms. The first-order valence-electron chi connectivity index (χ1n) is 4.34. The van der Waals surface area contributed by atoms with Gasteiger partial charge in [-0.15, -0.1) is 0 Å². The Morgan fingerprint density at radius 1 is 1.55 bits per heavy atom. The van der Waals surface area contributed by atoms with Gasteiger partial charge < -0.3 is 10.2 Å². The van der Waals surface area contributed by atoms with E-state index in [4.69, 9.17) is 0 Å². The molecule has 2 amide bonds. The molecule has 3 heteroatoms. The van der Waals surface area contributed by atoms with E-state index in [0.717, 1.165) is 25.9 Å². The van der Waals surface area contributed by atoms with E-state index >= 15 is 0 Å². The number of carbonyl (C=O) groups excluding carboxylic acids is 1. The minimum atomic E-state index is 0.110. The Morgan fingerprint density at radius 3 is 2.55 bits per heavy atom. The number of hydrogen-bond donors (Lipinski definition) is 1. The van der Waals surface area contributed by atoms with Crippen LogP contribution in [0, 0.1) is 0 Å². The van der Waals surface area contributed by atoms with Gasteiger partial charge in [0.15, 0.2) is 0 Å². The summed E-state index contributed by atoms with van der Waals surface area (Å²) in [6, 6.07) is 0.552. The second-order valence-electron chi connectivity index (χ2n) is 2.90. The first kappa shape index (κ1) is 8.37. The highest BCUT2D eigenvalue weighted by molar-refractivity contribution is 5.76. The highest BCUT2D eigenvalue weighted by Crippen LogP contribution is 2.10. The van der Waals surface area contributed by atoms with Crippen molar-refractivity contribution >= 4 is 6.03 Å². The molecule has 0 saturated carbocycles. The normalized spacial score (nSPS) is 17.7. The van der Waals surface area contributed by atoms with Crippen LogP contribution in [0.3, 0.4) is 0 Å². The molecule has 11 heavy (non-hydrogen) atoms. The van der Waals surface area contributed by atoms with Crippen molar-refractivity contribution in [1.82, 2.24) is 10.2 Å². The van der Waals surface area contributed by atoms with Gasteiger partial charge in [-0.1, -0.05) is 13.8 Å². The molecule has 1 rings (SSSR count). The lowest BCUT2D eigenvalue weighted by molar-refractivity contribution is 0.194. The van der Waals surface area contributed by atoms with Crippen LogP contribution in [0.4, 0.5) is 4.79 Å². The van der Waals surface area contributed by atoms with Crippen molar-refractivity contribution in [3.05, 3.63) is 0 Å². The summed E-state index contributed by atoms with van der Waals surface area (Å²) >= 11 is 0. The number of rotatable bonds is 3. The number of amides is 2. The SMILES string of the molecule is CCC(CC)N1CCNC1=O. The third-order valence-electron chi connectivity index (χ3n) is 2.27. The van der Waals surface area contributed by atoms with Crippen LogP contribution in [0.1, 0.15) is 26.7 Å². The van der Waals surface area contributed by atoms with E-state index in [0.29, 0.717) is 6.04 Å². The summed E-state index contributed by atoms with van der Waals surface area (Å²) in [6.07, 6.45) is 2.12. The topological polar surface area (TPSA) is 32.3 Å². The second-order valence-corrected chi connectivity index (χ2v) is 2.90. The van der Waals surface area contributed by atoms with Crippen molar-refractivity contribution in [2.45, 2.75) is 32.7 Å². The summed E-state index contributed by atoms with van der Waals surface area (Å²) in [5.41, 5.74) is 0. The molecule has 0 unspecified atom stereocenters. The van der Waals surface area contributed by atoms with Gasteiger partial charge in [0.25, 0.3) is 0 Å². The third-order valence-corrected chi connectivity index (χ3v) is 2.27. The third kappa shape index (κ3) is 1.64. The standard InChI is InChI=1S/C8H16N2O/c1-3-7(4-2)10-6-5-9-8(10)11/h7H,3-6H2,1-2H3,(H,9,11). The summed E-state index contributed by atoms with van der Waals surface area (Å²) in [4.78, 5) is 13.1. The Morgan fingerprint density at radius 2 is 2.18 bits per heavy atom. The molecular weight excluding hydrogens is 140 g/mol. The minimum absolute atomic E-state index is 0.110. The molecule has 1 aliphatic heterocycles. The maximum absolute atomic E-state index is 11.1. The van der Waals surface area contributed by atoms with Crippen molar-refractivity contribution in [2.24, 2.45) is 0 Å². The highest BCUT2D eigenvalue weighted by atomic mass is 16.2. The van der Waals surface area contributed by atoms with Crippen LogP contribution in [0.25, 0.3) is 0 Å². The fourth-order valence-electron chi connectivity index (χ4n) is 1.56. The largest absolute Gasteiger partial charge is 0.336 e. The zero-order chi connectivity index (χ0) is 8.27. The van der Waals surface area contributed by atoms with Crippen LogP contribution in [-0.2, 0) is 0 Å². The van der Waals surface area contributed by atoms with Gasteiger partial charge in [-0.05, 0) is 12.8 Å². The van der Waals surface area contributed by atoms with E-state index in [9.17, 15) is 4.79 Å². The average Bonchev–Trinajstić information content (AvgIpc) is 2.40. The molecule has 0 aromatic carbocycles. The van der Waals surface area contributed by atoms with Crippen LogP contribution < -0.4 is 5.32 Å². The number of nitrogens with zero attached hydrogens (tertiary/aromatic N) is 1. The number of nitrogens with one attached hydrogen (secondary N) is 1. The number of carbonyl (C=O) groups is 1. The van der Waals surface area contributed by atoms with E-state index in [1.54, 1.807) is 0 Å². The van der Waals surface area contributed by atoms with E-state index in [-0.39, 0.29) is 6.03 Å². The van der Waals surface area contributed by atoms with E-state index in [2.05, 4.69) is 19.2 Å². The Hall–Kier alpha value is -0.730. The zero-order valence-corrected chi connectivity index (χ0v) is 7.26. The predicted octanol–water partition coefficient (Wildman–Crippen LogP) is 1.20. The lowest BCUT2D eigenvalue weighted by Gasteiger charge is -2.23. The molecule has 0 aromatic heterocycles. The Labute approximate surface area is 67.8 Å². The maximum Gasteiger partial charge on any atom is 0.317 e. The van der Waals surface area contributed by atoms with E-state index in [1.807, 2.05) is 4.90 Å². The average molecular weight is 156 g/mol. The summed E-state index contributed by atoms with van der Waals surface area (Å²) in [5.74, 6) is 0. The molecule has 64 valence electrons. The van der Waals surface area contributed by atoms with Crippen molar-refractivity contribution in [1.29, 1.82) is 0 Å². The van der Waals surface area contributed by atoms with E-state index in [1.165, 1.54) is 0 Å². The van der Waals surface area contributed by atoms with Crippen molar-refractivity contribution < 1.29 is 4.79 Å². The monoisotopic (exact) mass is 156 g/mol. The van der Waals surface area contributed by atoms with Gasteiger partial charge in [0.1, 0.15) is 0 Å². The van der Waals surface area contributed by atoms with Gasteiger partial charge in [0, 0.05) is 19.1 Å². The van der Waals surface area contributed by atoms with Gasteiger partial charge in [-0.2, -0.15) is 0 Å². The quantitative estimate of drug-likeness (QED) is 0.654. The number of hydrogen-bond acceptors (Lipinski definition) is 1. The molecule has 3 nitrogen and oxygen atoms in total. The molecule has 0 bridgehead atoms. The first-order valence-corrected chi connectivity index (χ1v) is 4.34. The predicted molar refractivity (Wildman–Crippen MR) is 44.5 cm³/mol. The smallest absolute Gasteiger partial charge is 0.317 e. The van der Waals surface area contributed by atoms with E-state index < -0.39 is 0 Å². The second kappa shape index (κ2) is 3.60. The Bertz CT molecular complexity index is 143. The Kier molecular flexibility index (Phi) is 2.74. The fourth-order valence-corrected chi connectivity index (χ4v) is 1.56. The lowest BCUT2D eigenvalue weighted by atomic mass is 10.1. The van der Waals surface area contributed by atoms with Crippen molar-refractivity contribution in [3.63, 3.8) is 0 Å². The molecule has 0 aliphatic carbocycles. The molecule has 0 radical (unpaired) electrons. The molecule has 1 aliphatic rings. The molecule has 1 heterocycles. The van der Waals surface area contributed by atoms with Crippen LogP contribution in [0.15, 0.2) is 0 Å². The lowest BCUT2D eigenvalue weighted by Crippen LogP contribution is -2.37. The minimum Gasteiger partial charge on any atom is -0.336 e. The molecule has 1 saturated heterocycles. The van der Waals surface area contributed by atoms with Gasteiger partial charge in [0.2, 0.25) is 0 Å². The summed E-state index contributed by atoms with van der Waals surface area (Å²) in [5, 5.41) is 2.81. The van der Waals surface area contributed by atoms with Crippen molar-refractivity contribution in [3.8, 4) is 0 Å².